The summed E-state index contributed by atoms with van der Waals surface area (Å²) in [4.78, 5) is 23.0. The average Bonchev–Trinajstić information content (AvgIpc) is 2.60. The van der Waals surface area contributed by atoms with Gasteiger partial charge in [0.1, 0.15) is 0 Å². The van der Waals surface area contributed by atoms with E-state index in [1.54, 1.807) is 30.6 Å². The largest absolute Gasteiger partial charge is 0.352 e. The fourth-order valence-electron chi connectivity index (χ4n) is 2.82. The number of halogens is 2. The van der Waals surface area contributed by atoms with Gasteiger partial charge in [-0.25, -0.2) is 9.97 Å². The van der Waals surface area contributed by atoms with Crippen LogP contribution in [0, 0.1) is 5.92 Å². The summed E-state index contributed by atoms with van der Waals surface area (Å²) in [6.07, 6.45) is 5.50. The average molecular weight is 365 g/mol. The van der Waals surface area contributed by atoms with Gasteiger partial charge in [0.2, 0.25) is 5.95 Å². The molecule has 1 amide bonds. The second kappa shape index (κ2) is 7.81. The van der Waals surface area contributed by atoms with Crippen LogP contribution in [0.4, 0.5) is 5.95 Å². The Kier molecular flexibility index (Phi) is 5.53. The van der Waals surface area contributed by atoms with Crippen LogP contribution in [0.1, 0.15) is 23.2 Å². The molecule has 1 aromatic carbocycles. The zero-order chi connectivity index (χ0) is 16.9. The lowest BCUT2D eigenvalue weighted by molar-refractivity contribution is 0.0945. The Bertz CT molecular complexity index is 683. The lowest BCUT2D eigenvalue weighted by Crippen LogP contribution is -2.39. The van der Waals surface area contributed by atoms with Crippen LogP contribution in [-0.4, -0.2) is 35.5 Å². The number of anilines is 1. The third-order valence-corrected chi connectivity index (χ3v) is 4.56. The molecule has 2 aromatic rings. The maximum absolute atomic E-state index is 12.2. The molecule has 1 saturated heterocycles. The van der Waals surface area contributed by atoms with Crippen molar-refractivity contribution in [2.45, 2.75) is 12.8 Å². The van der Waals surface area contributed by atoms with Crippen molar-refractivity contribution in [2.75, 3.05) is 24.5 Å². The van der Waals surface area contributed by atoms with E-state index < -0.39 is 0 Å². The zero-order valence-corrected chi connectivity index (χ0v) is 14.6. The van der Waals surface area contributed by atoms with Crippen LogP contribution < -0.4 is 10.2 Å². The van der Waals surface area contributed by atoms with E-state index in [-0.39, 0.29) is 5.91 Å². The van der Waals surface area contributed by atoms with Crippen molar-refractivity contribution in [2.24, 2.45) is 5.92 Å². The third kappa shape index (κ3) is 4.36. The molecule has 0 atom stereocenters. The van der Waals surface area contributed by atoms with Gasteiger partial charge in [-0.3, -0.25) is 4.79 Å². The molecular weight excluding hydrogens is 347 g/mol. The number of carbonyl (C=O) groups excluding carboxylic acids is 1. The number of hydrogen-bond donors (Lipinski definition) is 1. The van der Waals surface area contributed by atoms with E-state index in [4.69, 9.17) is 23.2 Å². The molecule has 24 heavy (non-hydrogen) atoms. The Morgan fingerprint density at radius 3 is 2.38 bits per heavy atom. The summed E-state index contributed by atoms with van der Waals surface area (Å²) in [5.74, 6) is 1.07. The van der Waals surface area contributed by atoms with E-state index in [0.29, 0.717) is 28.1 Å². The monoisotopic (exact) mass is 364 g/mol. The van der Waals surface area contributed by atoms with Crippen LogP contribution in [0.25, 0.3) is 0 Å². The number of piperidine rings is 1. The quantitative estimate of drug-likeness (QED) is 0.902. The number of nitrogens with zero attached hydrogens (tertiary/aromatic N) is 3. The zero-order valence-electron chi connectivity index (χ0n) is 13.1. The van der Waals surface area contributed by atoms with E-state index in [1.165, 1.54) is 0 Å². The first-order valence-corrected chi connectivity index (χ1v) is 8.63. The standard InChI is InChI=1S/C17H18Cl2N4O/c18-14-8-13(9-15(19)10-14)16(24)22-11-12-2-6-23(7-3-12)17-20-4-1-5-21-17/h1,4-5,8-10,12H,2-3,6-7,11H2,(H,22,24). The third-order valence-electron chi connectivity index (χ3n) is 4.13. The van der Waals surface area contributed by atoms with Gasteiger partial charge in [-0.1, -0.05) is 23.2 Å². The highest BCUT2D eigenvalue weighted by atomic mass is 35.5. The fourth-order valence-corrected chi connectivity index (χ4v) is 3.34. The lowest BCUT2D eigenvalue weighted by Gasteiger charge is -2.31. The van der Waals surface area contributed by atoms with Gasteiger partial charge in [-0.05, 0) is 43.0 Å². The van der Waals surface area contributed by atoms with Gasteiger partial charge in [0, 0.05) is 47.6 Å². The normalized spacial score (nSPS) is 15.3. The summed E-state index contributed by atoms with van der Waals surface area (Å²) in [6.45, 7) is 2.44. The molecule has 0 bridgehead atoms. The van der Waals surface area contributed by atoms with Crippen LogP contribution in [0.3, 0.4) is 0 Å². The smallest absolute Gasteiger partial charge is 0.251 e. The van der Waals surface area contributed by atoms with Crippen molar-refractivity contribution in [1.29, 1.82) is 0 Å². The molecule has 0 saturated carbocycles. The Morgan fingerprint density at radius 1 is 1.12 bits per heavy atom. The van der Waals surface area contributed by atoms with E-state index >= 15 is 0 Å². The first-order chi connectivity index (χ1) is 11.6. The maximum atomic E-state index is 12.2. The van der Waals surface area contributed by atoms with Gasteiger partial charge in [0.15, 0.2) is 0 Å². The van der Waals surface area contributed by atoms with Gasteiger partial charge in [-0.15, -0.1) is 0 Å². The molecule has 1 aromatic heterocycles. The minimum Gasteiger partial charge on any atom is -0.352 e. The van der Waals surface area contributed by atoms with Crippen molar-refractivity contribution in [1.82, 2.24) is 15.3 Å². The lowest BCUT2D eigenvalue weighted by atomic mass is 9.97. The number of rotatable bonds is 4. The number of aromatic nitrogens is 2. The van der Waals surface area contributed by atoms with Crippen LogP contribution in [0.2, 0.25) is 10.0 Å². The summed E-state index contributed by atoms with van der Waals surface area (Å²) in [6, 6.07) is 6.67. The van der Waals surface area contributed by atoms with Crippen molar-refractivity contribution in [3.8, 4) is 0 Å². The minimum atomic E-state index is -0.145. The highest BCUT2D eigenvalue weighted by Gasteiger charge is 2.21. The fraction of sp³-hybridized carbons (Fsp3) is 0.353. The SMILES string of the molecule is O=C(NCC1CCN(c2ncccn2)CC1)c1cc(Cl)cc(Cl)c1. The maximum Gasteiger partial charge on any atom is 0.251 e. The van der Waals surface area contributed by atoms with Crippen LogP contribution in [0.5, 0.6) is 0 Å². The predicted molar refractivity (Wildman–Crippen MR) is 95.8 cm³/mol. The molecule has 126 valence electrons. The summed E-state index contributed by atoms with van der Waals surface area (Å²) in [5.41, 5.74) is 0.489. The first kappa shape index (κ1) is 17.0. The van der Waals surface area contributed by atoms with E-state index in [0.717, 1.165) is 31.9 Å². The number of hydrogen-bond acceptors (Lipinski definition) is 4. The van der Waals surface area contributed by atoms with Crippen molar-refractivity contribution < 1.29 is 4.79 Å². The number of nitrogens with one attached hydrogen (secondary N) is 1. The Labute approximate surface area is 151 Å². The number of carbonyl (C=O) groups is 1. The highest BCUT2D eigenvalue weighted by Crippen LogP contribution is 2.21. The van der Waals surface area contributed by atoms with Crippen molar-refractivity contribution in [3.05, 3.63) is 52.3 Å². The van der Waals surface area contributed by atoms with E-state index in [1.807, 2.05) is 6.07 Å². The minimum absolute atomic E-state index is 0.145. The van der Waals surface area contributed by atoms with Crippen LogP contribution in [0.15, 0.2) is 36.7 Å². The Morgan fingerprint density at radius 2 is 1.75 bits per heavy atom. The number of amides is 1. The summed E-state index contributed by atoms with van der Waals surface area (Å²) in [7, 11) is 0. The Hall–Kier alpha value is -1.85. The summed E-state index contributed by atoms with van der Waals surface area (Å²) in [5, 5.41) is 3.90. The van der Waals surface area contributed by atoms with Crippen molar-refractivity contribution >= 4 is 35.1 Å². The molecule has 1 fully saturated rings. The molecule has 7 heteroatoms. The van der Waals surface area contributed by atoms with Gasteiger partial charge in [0.05, 0.1) is 0 Å². The molecule has 0 unspecified atom stereocenters. The molecule has 3 rings (SSSR count). The first-order valence-electron chi connectivity index (χ1n) is 7.88. The summed E-state index contributed by atoms with van der Waals surface area (Å²) >= 11 is 11.9. The molecule has 0 radical (unpaired) electrons. The molecule has 1 aliphatic rings. The molecule has 0 spiro atoms. The Balaban J connectivity index is 1.49. The van der Waals surface area contributed by atoms with Crippen LogP contribution in [-0.2, 0) is 0 Å². The van der Waals surface area contributed by atoms with Crippen molar-refractivity contribution in [3.63, 3.8) is 0 Å². The number of benzene rings is 1. The van der Waals surface area contributed by atoms with Crippen LogP contribution >= 0.6 is 23.2 Å². The molecule has 2 heterocycles. The van der Waals surface area contributed by atoms with Gasteiger partial charge in [0.25, 0.3) is 5.91 Å². The molecule has 1 N–H and O–H groups in total. The van der Waals surface area contributed by atoms with E-state index in [9.17, 15) is 4.79 Å². The second-order valence-electron chi connectivity index (χ2n) is 5.85. The molecule has 0 aliphatic carbocycles. The predicted octanol–water partition coefficient (Wildman–Crippen LogP) is 3.43. The summed E-state index contributed by atoms with van der Waals surface area (Å²) < 4.78 is 0. The van der Waals surface area contributed by atoms with Gasteiger partial charge < -0.3 is 10.2 Å². The topological polar surface area (TPSA) is 58.1 Å². The second-order valence-corrected chi connectivity index (χ2v) is 6.72. The molecule has 1 aliphatic heterocycles. The van der Waals surface area contributed by atoms with Gasteiger partial charge >= 0.3 is 0 Å². The van der Waals surface area contributed by atoms with E-state index in [2.05, 4.69) is 20.2 Å². The highest BCUT2D eigenvalue weighted by molar-refractivity contribution is 6.35. The molecular formula is C17H18Cl2N4O. The molecule has 5 nitrogen and oxygen atoms in total. The van der Waals surface area contributed by atoms with Gasteiger partial charge in [-0.2, -0.15) is 0 Å².